The number of nitrogens with zero attached hydrogens (tertiary/aromatic N) is 1. The minimum absolute atomic E-state index is 0.296. The van der Waals surface area contributed by atoms with Crippen molar-refractivity contribution >= 4 is 34.3 Å². The van der Waals surface area contributed by atoms with Crippen LogP contribution in [0.3, 0.4) is 0 Å². The zero-order valence-electron chi connectivity index (χ0n) is 19.3. The molecule has 33 heavy (non-hydrogen) atoms. The van der Waals surface area contributed by atoms with Gasteiger partial charge in [0.25, 0.3) is 5.91 Å². The van der Waals surface area contributed by atoms with Crippen LogP contribution in [-0.4, -0.2) is 49.7 Å². The Morgan fingerprint density at radius 3 is 2.55 bits per heavy atom. The highest BCUT2D eigenvalue weighted by atomic mass is 32.1. The third-order valence-electron chi connectivity index (χ3n) is 5.33. The van der Waals surface area contributed by atoms with E-state index < -0.39 is 12.1 Å². The van der Waals surface area contributed by atoms with Crippen molar-refractivity contribution in [2.45, 2.75) is 46.1 Å². The van der Waals surface area contributed by atoms with Crippen molar-refractivity contribution in [2.75, 3.05) is 32.2 Å². The Hall–Kier alpha value is -3.07. The number of rotatable bonds is 9. The van der Waals surface area contributed by atoms with E-state index in [1.54, 1.807) is 36.1 Å². The van der Waals surface area contributed by atoms with Gasteiger partial charge in [-0.25, -0.2) is 9.59 Å². The van der Waals surface area contributed by atoms with E-state index in [1.165, 1.54) is 18.4 Å². The molecule has 9 heteroatoms. The molecule has 1 N–H and O–H groups in total. The summed E-state index contributed by atoms with van der Waals surface area (Å²) in [5.74, 6) is -0.134. The summed E-state index contributed by atoms with van der Waals surface area (Å²) in [4.78, 5) is 39.9. The first-order chi connectivity index (χ1) is 16.0. The number of methoxy groups -OCH3 is 1. The lowest BCUT2D eigenvalue weighted by molar-refractivity contribution is 0.0600. The molecule has 2 aromatic rings. The molecule has 0 atom stereocenters. The Kier molecular flexibility index (Phi) is 8.71. The zero-order chi connectivity index (χ0) is 23.8. The molecule has 0 aliphatic carbocycles. The van der Waals surface area contributed by atoms with Crippen molar-refractivity contribution in [3.63, 3.8) is 0 Å². The minimum Gasteiger partial charge on any atom is -0.494 e. The maximum Gasteiger partial charge on any atom is 0.410 e. The molecule has 0 unspecified atom stereocenters. The number of amides is 2. The number of benzene rings is 1. The van der Waals surface area contributed by atoms with Gasteiger partial charge >= 0.3 is 12.1 Å². The molecule has 0 fully saturated rings. The molecule has 0 spiro atoms. The Bertz CT molecular complexity index is 986. The summed E-state index contributed by atoms with van der Waals surface area (Å²) in [6.45, 7) is 5.59. The van der Waals surface area contributed by atoms with Gasteiger partial charge in [-0.1, -0.05) is 19.8 Å². The molecular formula is C24H30N2O6S. The molecule has 3 rings (SSSR count). The van der Waals surface area contributed by atoms with Gasteiger partial charge in [0.1, 0.15) is 10.8 Å². The first-order valence-electron chi connectivity index (χ1n) is 11.2. The summed E-state index contributed by atoms with van der Waals surface area (Å²) in [6.07, 6.45) is 3.33. The van der Waals surface area contributed by atoms with Crippen molar-refractivity contribution in [3.8, 4) is 5.75 Å². The highest BCUT2D eigenvalue weighted by Crippen LogP contribution is 2.38. The highest BCUT2D eigenvalue weighted by molar-refractivity contribution is 7.17. The van der Waals surface area contributed by atoms with Crippen LogP contribution in [0, 0.1) is 0 Å². The lowest BCUT2D eigenvalue weighted by Crippen LogP contribution is -2.36. The maximum absolute atomic E-state index is 12.9. The van der Waals surface area contributed by atoms with Gasteiger partial charge in [0, 0.05) is 17.0 Å². The van der Waals surface area contributed by atoms with E-state index >= 15 is 0 Å². The van der Waals surface area contributed by atoms with Crippen molar-refractivity contribution in [2.24, 2.45) is 0 Å². The lowest BCUT2D eigenvalue weighted by Gasteiger charge is -2.26. The van der Waals surface area contributed by atoms with Crippen LogP contribution in [0.25, 0.3) is 0 Å². The number of hydrogen-bond acceptors (Lipinski definition) is 7. The number of carbonyl (C=O) groups is 3. The van der Waals surface area contributed by atoms with Crippen molar-refractivity contribution in [1.82, 2.24) is 4.90 Å². The molecule has 1 aromatic carbocycles. The first kappa shape index (κ1) is 24.6. The Labute approximate surface area is 197 Å². The fourth-order valence-electron chi connectivity index (χ4n) is 3.60. The second-order valence-corrected chi connectivity index (χ2v) is 8.71. The molecule has 1 aliphatic heterocycles. The van der Waals surface area contributed by atoms with Gasteiger partial charge in [-0.3, -0.25) is 4.79 Å². The van der Waals surface area contributed by atoms with E-state index in [-0.39, 0.29) is 5.91 Å². The molecule has 1 aromatic heterocycles. The highest BCUT2D eigenvalue weighted by Gasteiger charge is 2.31. The van der Waals surface area contributed by atoms with Gasteiger partial charge in [-0.05, 0) is 49.6 Å². The number of nitrogens with one attached hydrogen (secondary N) is 1. The lowest BCUT2D eigenvalue weighted by atomic mass is 10.0. The number of thiophene rings is 1. The maximum atomic E-state index is 12.9. The molecule has 0 radical (unpaired) electrons. The van der Waals surface area contributed by atoms with Crippen molar-refractivity contribution in [3.05, 3.63) is 45.8 Å². The molecule has 0 bridgehead atoms. The van der Waals surface area contributed by atoms with Gasteiger partial charge in [0.15, 0.2) is 0 Å². The third kappa shape index (κ3) is 6.04. The van der Waals surface area contributed by atoms with Crippen LogP contribution in [0.4, 0.5) is 9.80 Å². The summed E-state index contributed by atoms with van der Waals surface area (Å²) >= 11 is 1.28. The first-order valence-corrected chi connectivity index (χ1v) is 12.0. The fraction of sp³-hybridized carbons (Fsp3) is 0.458. The second-order valence-electron chi connectivity index (χ2n) is 7.60. The van der Waals surface area contributed by atoms with Gasteiger partial charge in [-0.2, -0.15) is 0 Å². The summed E-state index contributed by atoms with van der Waals surface area (Å²) in [7, 11) is 1.31. The van der Waals surface area contributed by atoms with Crippen LogP contribution < -0.4 is 10.1 Å². The van der Waals surface area contributed by atoms with Crippen LogP contribution in [0.15, 0.2) is 24.3 Å². The number of fused-ring (bicyclic) bond motifs is 1. The Morgan fingerprint density at radius 1 is 1.12 bits per heavy atom. The number of esters is 1. The van der Waals surface area contributed by atoms with Gasteiger partial charge in [0.05, 0.1) is 32.4 Å². The van der Waals surface area contributed by atoms with E-state index in [2.05, 4.69) is 12.2 Å². The molecule has 178 valence electrons. The van der Waals surface area contributed by atoms with Crippen LogP contribution >= 0.6 is 11.3 Å². The third-order valence-corrected chi connectivity index (χ3v) is 6.46. The van der Waals surface area contributed by atoms with E-state index in [0.29, 0.717) is 54.6 Å². The number of hydrogen-bond donors (Lipinski definition) is 1. The van der Waals surface area contributed by atoms with Crippen LogP contribution in [0.5, 0.6) is 5.75 Å². The Balaban J connectivity index is 1.74. The second kappa shape index (κ2) is 11.7. The molecule has 0 saturated heterocycles. The van der Waals surface area contributed by atoms with Crippen LogP contribution in [-0.2, 0) is 22.4 Å². The van der Waals surface area contributed by atoms with Crippen molar-refractivity contribution < 1.29 is 28.6 Å². The number of carbonyl (C=O) groups excluding carboxylic acids is 3. The minimum atomic E-state index is -0.511. The predicted molar refractivity (Wildman–Crippen MR) is 126 cm³/mol. The topological polar surface area (TPSA) is 94.2 Å². The monoisotopic (exact) mass is 474 g/mol. The normalized spacial score (nSPS) is 12.6. The molecule has 8 nitrogen and oxygen atoms in total. The average molecular weight is 475 g/mol. The van der Waals surface area contributed by atoms with E-state index in [1.807, 2.05) is 0 Å². The quantitative estimate of drug-likeness (QED) is 0.412. The Morgan fingerprint density at radius 2 is 1.88 bits per heavy atom. The average Bonchev–Trinajstić information content (AvgIpc) is 3.18. The van der Waals surface area contributed by atoms with Crippen LogP contribution in [0.2, 0.25) is 0 Å². The standard InChI is InChI=1S/C24H30N2O6S/c1-4-6-7-14-32-17-10-8-16(9-11-17)21(27)25-22-20(23(28)30-3)18-12-13-26(15-19(18)33-22)24(29)31-5-2/h8-11H,4-7,12-15H2,1-3H3,(H,25,27). The molecule has 2 amide bonds. The number of anilines is 1. The smallest absolute Gasteiger partial charge is 0.410 e. The van der Waals surface area contributed by atoms with Gasteiger partial charge in [0.2, 0.25) is 0 Å². The zero-order valence-corrected chi connectivity index (χ0v) is 20.1. The summed E-state index contributed by atoms with van der Waals surface area (Å²) in [5, 5.41) is 3.27. The van der Waals surface area contributed by atoms with Crippen LogP contribution in [0.1, 0.15) is 64.3 Å². The summed E-state index contributed by atoms with van der Waals surface area (Å²) < 4.78 is 15.8. The molecule has 0 saturated carbocycles. The van der Waals surface area contributed by atoms with Gasteiger partial charge in [-0.15, -0.1) is 11.3 Å². The summed E-state index contributed by atoms with van der Waals surface area (Å²) in [5.41, 5.74) is 1.61. The molecule has 1 aliphatic rings. The largest absolute Gasteiger partial charge is 0.494 e. The SMILES string of the molecule is CCCCCOc1ccc(C(=O)Nc2sc3c(c2C(=O)OC)CCN(C(=O)OCC)C3)cc1. The van der Waals surface area contributed by atoms with E-state index in [4.69, 9.17) is 14.2 Å². The fourth-order valence-corrected chi connectivity index (χ4v) is 4.85. The van der Waals surface area contributed by atoms with E-state index in [9.17, 15) is 14.4 Å². The summed E-state index contributed by atoms with van der Waals surface area (Å²) in [6, 6.07) is 6.91. The molecule has 2 heterocycles. The number of ether oxygens (including phenoxy) is 3. The van der Waals surface area contributed by atoms with Gasteiger partial charge < -0.3 is 24.4 Å². The number of unbranched alkanes of at least 4 members (excludes halogenated alkanes) is 2. The van der Waals surface area contributed by atoms with E-state index in [0.717, 1.165) is 29.7 Å². The molecular weight excluding hydrogens is 444 g/mol. The van der Waals surface area contributed by atoms with Crippen molar-refractivity contribution in [1.29, 1.82) is 0 Å². The predicted octanol–water partition coefficient (Wildman–Crippen LogP) is 4.87.